The van der Waals surface area contributed by atoms with E-state index in [4.69, 9.17) is 17.3 Å². The summed E-state index contributed by atoms with van der Waals surface area (Å²) in [5.74, 6) is -4.43. The number of aliphatic imine (C=N–C) groups is 1. The average molecular weight is 447 g/mol. The molecule has 0 aliphatic heterocycles. The van der Waals surface area contributed by atoms with E-state index in [9.17, 15) is 27.9 Å². The number of allylic oxidation sites excluding steroid dienone is 1. The van der Waals surface area contributed by atoms with E-state index < -0.39 is 29.4 Å². The highest BCUT2D eigenvalue weighted by Gasteiger charge is 2.38. The van der Waals surface area contributed by atoms with Gasteiger partial charge in [0.2, 0.25) is 5.76 Å². The second-order valence-electron chi connectivity index (χ2n) is 5.43. The molecule has 154 valence electrons. The van der Waals surface area contributed by atoms with Gasteiger partial charge in [-0.25, -0.2) is 4.79 Å². The lowest BCUT2D eigenvalue weighted by molar-refractivity contribution is -0.141. The number of amides is 1. The van der Waals surface area contributed by atoms with Gasteiger partial charge in [0.25, 0.3) is 5.91 Å². The number of hydrogen-bond donors (Lipinski definition) is 2. The van der Waals surface area contributed by atoms with Gasteiger partial charge in [-0.05, 0) is 30.7 Å². The number of halogens is 4. The van der Waals surface area contributed by atoms with Crippen LogP contribution in [0.5, 0.6) is 0 Å². The van der Waals surface area contributed by atoms with Gasteiger partial charge in [0.15, 0.2) is 0 Å². The Morgan fingerprint density at radius 2 is 1.93 bits per heavy atom. The van der Waals surface area contributed by atoms with Gasteiger partial charge in [-0.15, -0.1) is 11.3 Å². The summed E-state index contributed by atoms with van der Waals surface area (Å²) in [4.78, 5) is 27.8. The second-order valence-corrected chi connectivity index (χ2v) is 6.92. The lowest BCUT2D eigenvalue weighted by Crippen LogP contribution is -2.20. The van der Waals surface area contributed by atoms with Gasteiger partial charge in [-0.3, -0.25) is 9.79 Å². The first-order valence-corrected chi connectivity index (χ1v) is 9.15. The van der Waals surface area contributed by atoms with Crippen molar-refractivity contribution in [3.05, 3.63) is 51.6 Å². The molecule has 0 radical (unpaired) electrons. The third-order valence-corrected chi connectivity index (χ3v) is 4.86. The van der Waals surface area contributed by atoms with Gasteiger partial charge in [0, 0.05) is 16.1 Å². The van der Waals surface area contributed by atoms with Crippen LogP contribution in [0.25, 0.3) is 10.4 Å². The van der Waals surface area contributed by atoms with Crippen LogP contribution in [0.2, 0.25) is 5.02 Å². The van der Waals surface area contributed by atoms with Crippen LogP contribution in [0.4, 0.5) is 18.9 Å². The van der Waals surface area contributed by atoms with Crippen molar-refractivity contribution in [2.75, 3.05) is 6.61 Å². The molecular weight excluding hydrogens is 433 g/mol. The summed E-state index contributed by atoms with van der Waals surface area (Å²) in [7, 11) is 0. The highest BCUT2D eigenvalue weighted by Crippen LogP contribution is 2.37. The molecule has 2 aromatic rings. The molecule has 0 unspecified atom stereocenters. The minimum atomic E-state index is -5.19. The number of ether oxygens (including phenoxy) is 1. The first kappa shape index (κ1) is 22.4. The Balaban J connectivity index is 2.51. The molecule has 0 saturated carbocycles. The number of carbonyl (C=O) groups is 2. The molecule has 0 aliphatic carbocycles. The van der Waals surface area contributed by atoms with Gasteiger partial charge < -0.3 is 15.6 Å². The Morgan fingerprint density at radius 1 is 1.31 bits per heavy atom. The Hall–Kier alpha value is -2.85. The van der Waals surface area contributed by atoms with E-state index in [0.717, 1.165) is 11.3 Å². The Bertz CT molecular complexity index is 982. The van der Waals surface area contributed by atoms with Crippen LogP contribution in [-0.4, -0.2) is 36.0 Å². The fourth-order valence-corrected chi connectivity index (χ4v) is 3.20. The van der Waals surface area contributed by atoms with Gasteiger partial charge in [-0.1, -0.05) is 23.7 Å². The molecule has 0 bridgehead atoms. The van der Waals surface area contributed by atoms with Crippen molar-refractivity contribution in [3.63, 3.8) is 0 Å². The first-order valence-electron chi connectivity index (χ1n) is 7.95. The maximum Gasteiger partial charge on any atom is 0.449 e. The monoisotopic (exact) mass is 446 g/mol. The topological polar surface area (TPSA) is 102 Å². The number of aliphatic hydroxyl groups is 1. The van der Waals surface area contributed by atoms with E-state index in [-0.39, 0.29) is 17.2 Å². The molecule has 0 spiro atoms. The Kier molecular flexibility index (Phi) is 7.04. The van der Waals surface area contributed by atoms with Crippen LogP contribution in [0.1, 0.15) is 16.6 Å². The summed E-state index contributed by atoms with van der Waals surface area (Å²) in [5, 5.41) is 9.86. The van der Waals surface area contributed by atoms with E-state index >= 15 is 0 Å². The SMILES string of the molecule is CCOC(=O)/C(C=Nc1cc(-c2ccc(Cl)cc2)sc1C(N)=O)=C(/O)C(F)(F)F. The molecule has 2 rings (SSSR count). The van der Waals surface area contributed by atoms with Crippen molar-refractivity contribution in [1.82, 2.24) is 0 Å². The molecule has 1 aromatic carbocycles. The molecule has 0 saturated heterocycles. The molecule has 0 atom stereocenters. The number of hydrogen-bond acceptors (Lipinski definition) is 6. The number of thiophene rings is 1. The molecule has 1 amide bonds. The lowest BCUT2D eigenvalue weighted by Gasteiger charge is -2.09. The summed E-state index contributed by atoms with van der Waals surface area (Å²) in [6.07, 6.45) is -4.70. The largest absolute Gasteiger partial charge is 0.504 e. The fourth-order valence-electron chi connectivity index (χ4n) is 2.12. The van der Waals surface area contributed by atoms with Crippen molar-refractivity contribution >= 4 is 46.7 Å². The highest BCUT2D eigenvalue weighted by atomic mass is 35.5. The third-order valence-electron chi connectivity index (χ3n) is 3.42. The maximum absolute atomic E-state index is 12.8. The average Bonchev–Trinajstić information content (AvgIpc) is 3.06. The summed E-state index contributed by atoms with van der Waals surface area (Å²) in [6.45, 7) is 1.17. The van der Waals surface area contributed by atoms with Gasteiger partial charge >= 0.3 is 12.1 Å². The molecular formula is C18H14ClF3N2O4S. The minimum Gasteiger partial charge on any atom is -0.504 e. The summed E-state index contributed by atoms with van der Waals surface area (Å²) < 4.78 is 43.0. The van der Waals surface area contributed by atoms with Crippen LogP contribution in [0, 0.1) is 0 Å². The molecule has 11 heteroatoms. The number of esters is 1. The second kappa shape index (κ2) is 9.10. The molecule has 1 heterocycles. The van der Waals surface area contributed by atoms with Crippen LogP contribution in [-0.2, 0) is 9.53 Å². The van der Waals surface area contributed by atoms with Crippen LogP contribution >= 0.6 is 22.9 Å². The number of alkyl halides is 3. The maximum atomic E-state index is 12.8. The number of aliphatic hydroxyl groups excluding tert-OH is 1. The van der Waals surface area contributed by atoms with Crippen molar-refractivity contribution < 1.29 is 32.6 Å². The number of nitrogens with two attached hydrogens (primary N) is 1. The van der Waals surface area contributed by atoms with Crippen LogP contribution < -0.4 is 5.73 Å². The molecule has 0 fully saturated rings. The number of primary amides is 1. The van der Waals surface area contributed by atoms with Crippen molar-refractivity contribution in [3.8, 4) is 10.4 Å². The molecule has 29 heavy (non-hydrogen) atoms. The summed E-state index contributed by atoms with van der Waals surface area (Å²) in [6, 6.07) is 7.99. The zero-order valence-corrected chi connectivity index (χ0v) is 16.4. The van der Waals surface area contributed by atoms with E-state index in [1.165, 1.54) is 13.0 Å². The molecule has 3 N–H and O–H groups in total. The van der Waals surface area contributed by atoms with E-state index in [0.29, 0.717) is 21.7 Å². The zero-order valence-electron chi connectivity index (χ0n) is 14.8. The fraction of sp³-hybridized carbons (Fsp3) is 0.167. The smallest absolute Gasteiger partial charge is 0.449 e. The highest BCUT2D eigenvalue weighted by molar-refractivity contribution is 7.18. The van der Waals surface area contributed by atoms with Crippen molar-refractivity contribution in [1.29, 1.82) is 0 Å². The van der Waals surface area contributed by atoms with Crippen molar-refractivity contribution in [2.24, 2.45) is 10.7 Å². The normalized spacial score (nSPS) is 12.7. The number of benzene rings is 1. The third kappa shape index (κ3) is 5.58. The van der Waals surface area contributed by atoms with Gasteiger partial charge in [-0.2, -0.15) is 13.2 Å². The predicted molar refractivity (Wildman–Crippen MR) is 104 cm³/mol. The zero-order chi connectivity index (χ0) is 21.8. The summed E-state index contributed by atoms with van der Waals surface area (Å²) >= 11 is 6.80. The predicted octanol–water partition coefficient (Wildman–Crippen LogP) is 4.81. The number of rotatable bonds is 6. The quantitative estimate of drug-likeness (QED) is 0.288. The van der Waals surface area contributed by atoms with Crippen LogP contribution in [0.3, 0.4) is 0 Å². The first-order chi connectivity index (χ1) is 13.5. The van der Waals surface area contributed by atoms with E-state index in [1.807, 2.05) is 0 Å². The Labute approximate surface area is 172 Å². The Morgan fingerprint density at radius 3 is 2.45 bits per heavy atom. The molecule has 6 nitrogen and oxygen atoms in total. The number of carbonyl (C=O) groups excluding carboxylic acids is 2. The van der Waals surface area contributed by atoms with Gasteiger partial charge in [0.05, 0.1) is 12.3 Å². The molecule has 1 aromatic heterocycles. The molecule has 0 aliphatic rings. The van der Waals surface area contributed by atoms with Crippen molar-refractivity contribution in [2.45, 2.75) is 13.1 Å². The van der Waals surface area contributed by atoms with Gasteiger partial charge in [0.1, 0.15) is 10.5 Å². The van der Waals surface area contributed by atoms with E-state index in [1.54, 1.807) is 24.3 Å². The number of nitrogens with zero attached hydrogens (tertiary/aromatic N) is 1. The van der Waals surface area contributed by atoms with E-state index in [2.05, 4.69) is 9.73 Å². The summed E-state index contributed by atoms with van der Waals surface area (Å²) in [5.41, 5.74) is 4.72. The lowest BCUT2D eigenvalue weighted by atomic mass is 10.2. The minimum absolute atomic E-state index is 0.0408. The standard InChI is InChI=1S/C18H14ClF3N2O4S/c1-2-28-17(27)11(15(25)18(20,21)22)8-24-12-7-13(29-14(12)16(23)26)9-3-5-10(19)6-4-9/h3-8,25H,2H2,1H3,(H2,23,26)/b15-11+,24-8?. The van der Waals surface area contributed by atoms with Crippen LogP contribution in [0.15, 0.2) is 46.7 Å².